The lowest BCUT2D eigenvalue weighted by Gasteiger charge is -2.26. The third-order valence-corrected chi connectivity index (χ3v) is 4.28. The van der Waals surface area contributed by atoms with Gasteiger partial charge in [0.2, 0.25) is 0 Å². The Bertz CT molecular complexity index is 931. The van der Waals surface area contributed by atoms with Crippen LogP contribution in [0.5, 0.6) is 0 Å². The van der Waals surface area contributed by atoms with E-state index < -0.39 is 17.8 Å². The van der Waals surface area contributed by atoms with Crippen LogP contribution in [0.4, 0.5) is 10.5 Å². The molecule has 0 aliphatic carbocycles. The van der Waals surface area contributed by atoms with E-state index in [1.54, 1.807) is 31.2 Å². The van der Waals surface area contributed by atoms with E-state index in [0.29, 0.717) is 5.69 Å². The second-order valence-corrected chi connectivity index (χ2v) is 6.65. The molecule has 130 valence electrons. The summed E-state index contributed by atoms with van der Waals surface area (Å²) in [7, 11) is 0. The minimum absolute atomic E-state index is 0.0859. The van der Waals surface area contributed by atoms with Gasteiger partial charge in [-0.05, 0) is 48.4 Å². The first kappa shape index (κ1) is 17.8. The van der Waals surface area contributed by atoms with E-state index in [1.165, 1.54) is 6.08 Å². The number of anilines is 1. The zero-order valence-corrected chi connectivity index (χ0v) is 15.5. The number of allylic oxidation sites excluding steroid dienone is 2. The van der Waals surface area contributed by atoms with Crippen molar-refractivity contribution < 1.29 is 14.4 Å². The molecule has 0 radical (unpaired) electrons. The van der Waals surface area contributed by atoms with Crippen molar-refractivity contribution in [2.75, 3.05) is 4.90 Å². The molecule has 0 unspecified atom stereocenters. The number of barbiturate groups is 1. The van der Waals surface area contributed by atoms with Crippen LogP contribution >= 0.6 is 15.9 Å². The van der Waals surface area contributed by atoms with Gasteiger partial charge >= 0.3 is 6.03 Å². The average Bonchev–Trinajstić information content (AvgIpc) is 2.61. The summed E-state index contributed by atoms with van der Waals surface area (Å²) in [5, 5.41) is 2.21. The predicted molar refractivity (Wildman–Crippen MR) is 103 cm³/mol. The Morgan fingerprint density at radius 1 is 1.00 bits per heavy atom. The van der Waals surface area contributed by atoms with E-state index in [2.05, 4.69) is 21.2 Å². The largest absolute Gasteiger partial charge is 0.335 e. The number of nitrogens with zero attached hydrogens (tertiary/aromatic N) is 1. The number of hydrogen-bond acceptors (Lipinski definition) is 3. The fourth-order valence-corrected chi connectivity index (χ4v) is 2.83. The Hall–Kier alpha value is -2.99. The Morgan fingerprint density at radius 3 is 2.31 bits per heavy atom. The number of nitrogens with one attached hydrogen (secondary N) is 1. The first-order valence-corrected chi connectivity index (χ1v) is 8.65. The number of urea groups is 1. The van der Waals surface area contributed by atoms with Gasteiger partial charge in [-0.2, -0.15) is 0 Å². The van der Waals surface area contributed by atoms with E-state index >= 15 is 0 Å². The number of rotatable bonds is 3. The molecule has 0 spiro atoms. The summed E-state index contributed by atoms with van der Waals surface area (Å²) in [5.74, 6) is -1.35. The zero-order chi connectivity index (χ0) is 18.7. The average molecular weight is 411 g/mol. The molecular weight excluding hydrogens is 396 g/mol. The van der Waals surface area contributed by atoms with Crippen molar-refractivity contribution in [2.45, 2.75) is 6.92 Å². The first-order chi connectivity index (χ1) is 12.5. The number of imide groups is 2. The van der Waals surface area contributed by atoms with E-state index in [1.807, 2.05) is 36.4 Å². The maximum absolute atomic E-state index is 12.8. The summed E-state index contributed by atoms with van der Waals surface area (Å²) < 4.78 is 0.819. The fraction of sp³-hybridized carbons (Fsp3) is 0.0500. The normalized spacial score (nSPS) is 16.8. The monoisotopic (exact) mass is 410 g/mol. The van der Waals surface area contributed by atoms with Crippen molar-refractivity contribution >= 4 is 45.5 Å². The number of carbonyl (C=O) groups excluding carboxylic acids is 3. The number of carbonyl (C=O) groups is 3. The van der Waals surface area contributed by atoms with Gasteiger partial charge < -0.3 is 0 Å². The van der Waals surface area contributed by atoms with Crippen LogP contribution < -0.4 is 10.2 Å². The van der Waals surface area contributed by atoms with Gasteiger partial charge in [0.05, 0.1) is 5.69 Å². The van der Waals surface area contributed by atoms with Crippen molar-refractivity contribution in [3.63, 3.8) is 0 Å². The molecule has 1 N–H and O–H groups in total. The van der Waals surface area contributed by atoms with Gasteiger partial charge in [-0.1, -0.05) is 52.3 Å². The quantitative estimate of drug-likeness (QED) is 0.612. The Balaban J connectivity index is 1.94. The van der Waals surface area contributed by atoms with Crippen molar-refractivity contribution in [1.29, 1.82) is 0 Å². The second-order valence-electron chi connectivity index (χ2n) is 5.73. The molecule has 1 aliphatic rings. The third kappa shape index (κ3) is 3.81. The second kappa shape index (κ2) is 7.49. The molecule has 26 heavy (non-hydrogen) atoms. The highest BCUT2D eigenvalue weighted by atomic mass is 79.9. The molecule has 2 aromatic rings. The van der Waals surface area contributed by atoms with Crippen molar-refractivity contribution in [3.05, 3.63) is 81.9 Å². The third-order valence-electron chi connectivity index (χ3n) is 3.75. The molecule has 1 aliphatic heterocycles. The highest BCUT2D eigenvalue weighted by molar-refractivity contribution is 9.10. The van der Waals surface area contributed by atoms with Crippen LogP contribution in [0.2, 0.25) is 0 Å². The number of halogens is 1. The summed E-state index contributed by atoms with van der Waals surface area (Å²) in [6.45, 7) is 1.79. The molecule has 0 aromatic heterocycles. The van der Waals surface area contributed by atoms with Crippen LogP contribution in [0.15, 0.2) is 76.3 Å². The molecular formula is C20H15BrN2O3. The first-order valence-electron chi connectivity index (χ1n) is 7.86. The Labute approximate surface area is 159 Å². The van der Waals surface area contributed by atoms with Crippen molar-refractivity contribution in [3.8, 4) is 0 Å². The summed E-state index contributed by atoms with van der Waals surface area (Å²) in [6, 6.07) is 15.5. The van der Waals surface area contributed by atoms with Crippen LogP contribution in [0, 0.1) is 0 Å². The summed E-state index contributed by atoms with van der Waals surface area (Å²) >= 11 is 3.31. The lowest BCUT2D eigenvalue weighted by Crippen LogP contribution is -2.54. The fourth-order valence-electron chi connectivity index (χ4n) is 2.56. The van der Waals surface area contributed by atoms with Crippen LogP contribution in [0.3, 0.4) is 0 Å². The lowest BCUT2D eigenvalue weighted by atomic mass is 10.1. The molecule has 0 atom stereocenters. The maximum Gasteiger partial charge on any atom is 0.335 e. The van der Waals surface area contributed by atoms with Crippen LogP contribution in [0.1, 0.15) is 12.5 Å². The highest BCUT2D eigenvalue weighted by Gasteiger charge is 2.36. The van der Waals surface area contributed by atoms with E-state index in [-0.39, 0.29) is 5.57 Å². The highest BCUT2D eigenvalue weighted by Crippen LogP contribution is 2.23. The van der Waals surface area contributed by atoms with Gasteiger partial charge in [0.1, 0.15) is 5.57 Å². The van der Waals surface area contributed by atoms with E-state index in [0.717, 1.165) is 20.5 Å². The topological polar surface area (TPSA) is 66.5 Å². The molecule has 0 saturated carbocycles. The molecule has 0 bridgehead atoms. The summed E-state index contributed by atoms with van der Waals surface area (Å²) in [6.07, 6.45) is 3.34. The van der Waals surface area contributed by atoms with Crippen LogP contribution in [-0.2, 0) is 9.59 Å². The van der Waals surface area contributed by atoms with Crippen LogP contribution in [0.25, 0.3) is 6.08 Å². The zero-order valence-electron chi connectivity index (χ0n) is 13.9. The van der Waals surface area contributed by atoms with Gasteiger partial charge in [0, 0.05) is 4.47 Å². The van der Waals surface area contributed by atoms with Crippen molar-refractivity contribution in [1.82, 2.24) is 5.32 Å². The molecule has 6 heteroatoms. The van der Waals surface area contributed by atoms with Gasteiger partial charge in [-0.25, -0.2) is 9.69 Å². The Kier molecular flexibility index (Phi) is 5.14. The molecule has 3 rings (SSSR count). The standard InChI is InChI=1S/C20H15BrN2O3/c1-13(11-14-5-3-2-4-6-14)12-17-18(24)22-20(26)23(19(17)25)16-9-7-15(21)8-10-16/h2-12H,1H3,(H,22,24,26)/b13-11+,17-12-. The SMILES string of the molecule is CC(/C=C1/C(=O)NC(=O)N(c2ccc(Br)cc2)C1=O)=C\c1ccccc1. The van der Waals surface area contributed by atoms with E-state index in [4.69, 9.17) is 0 Å². The number of amides is 4. The summed E-state index contributed by atoms with van der Waals surface area (Å²) in [5.41, 5.74) is 1.97. The molecule has 5 nitrogen and oxygen atoms in total. The smallest absolute Gasteiger partial charge is 0.273 e. The van der Waals surface area contributed by atoms with Gasteiger partial charge in [-0.3, -0.25) is 14.9 Å². The lowest BCUT2D eigenvalue weighted by molar-refractivity contribution is -0.122. The molecule has 1 heterocycles. The van der Waals surface area contributed by atoms with E-state index in [9.17, 15) is 14.4 Å². The molecule has 4 amide bonds. The molecule has 1 saturated heterocycles. The maximum atomic E-state index is 12.8. The van der Waals surface area contributed by atoms with Gasteiger partial charge in [0.25, 0.3) is 11.8 Å². The molecule has 1 fully saturated rings. The minimum atomic E-state index is -0.760. The Morgan fingerprint density at radius 2 is 1.65 bits per heavy atom. The number of hydrogen-bond donors (Lipinski definition) is 1. The van der Waals surface area contributed by atoms with Crippen molar-refractivity contribution in [2.24, 2.45) is 0 Å². The summed E-state index contributed by atoms with van der Waals surface area (Å²) in [4.78, 5) is 38.0. The van der Waals surface area contributed by atoms with Crippen LogP contribution in [-0.4, -0.2) is 17.8 Å². The number of benzene rings is 2. The predicted octanol–water partition coefficient (Wildman–Crippen LogP) is 4.06. The minimum Gasteiger partial charge on any atom is -0.273 e. The molecule has 2 aromatic carbocycles. The van der Waals surface area contributed by atoms with Gasteiger partial charge in [-0.15, -0.1) is 0 Å². The van der Waals surface area contributed by atoms with Gasteiger partial charge in [0.15, 0.2) is 0 Å².